The number of benzene rings is 1. The maximum Gasteiger partial charge on any atom is 0.0642 e. The Morgan fingerprint density at radius 3 is 2.95 bits per heavy atom. The van der Waals surface area contributed by atoms with Gasteiger partial charge in [0.2, 0.25) is 0 Å². The van der Waals surface area contributed by atoms with E-state index in [2.05, 4.69) is 36.9 Å². The predicted molar refractivity (Wildman–Crippen MR) is 87.6 cm³/mol. The minimum atomic E-state index is 0.230. The highest BCUT2D eigenvalue weighted by Gasteiger charge is 2.19. The molecule has 1 aliphatic heterocycles. The van der Waals surface area contributed by atoms with Crippen LogP contribution in [0.4, 0.5) is 5.69 Å². The van der Waals surface area contributed by atoms with Gasteiger partial charge in [0, 0.05) is 30.1 Å². The van der Waals surface area contributed by atoms with Crippen molar-refractivity contribution in [1.82, 2.24) is 0 Å². The Bertz CT molecular complexity index is 425. The molecule has 1 aromatic rings. The highest BCUT2D eigenvalue weighted by Crippen LogP contribution is 2.31. The third-order valence-electron chi connectivity index (χ3n) is 3.62. The first-order chi connectivity index (χ1) is 9.10. The summed E-state index contributed by atoms with van der Waals surface area (Å²) in [5.41, 5.74) is 8.41. The van der Waals surface area contributed by atoms with Gasteiger partial charge >= 0.3 is 0 Å². The van der Waals surface area contributed by atoms with Crippen molar-refractivity contribution in [3.05, 3.63) is 28.8 Å². The molecule has 2 atom stereocenters. The van der Waals surface area contributed by atoms with Crippen LogP contribution in [0.2, 0.25) is 5.02 Å². The topological polar surface area (TPSA) is 29.3 Å². The van der Waals surface area contributed by atoms with Gasteiger partial charge in [0.15, 0.2) is 0 Å². The van der Waals surface area contributed by atoms with Crippen LogP contribution in [0.5, 0.6) is 0 Å². The first-order valence-electron chi connectivity index (χ1n) is 7.00. The Hall–Kier alpha value is -0.380. The van der Waals surface area contributed by atoms with Crippen molar-refractivity contribution in [2.75, 3.05) is 23.7 Å². The Morgan fingerprint density at radius 1 is 1.53 bits per heavy atom. The molecule has 1 saturated heterocycles. The molecule has 0 radical (unpaired) electrons. The van der Waals surface area contributed by atoms with E-state index in [-0.39, 0.29) is 6.04 Å². The molecule has 0 aromatic heterocycles. The number of halogens is 1. The van der Waals surface area contributed by atoms with Gasteiger partial charge in [0.1, 0.15) is 0 Å². The third-order valence-corrected chi connectivity index (χ3v) is 5.06. The second-order valence-corrected chi connectivity index (χ2v) is 7.24. The number of anilines is 1. The minimum Gasteiger partial charge on any atom is -0.368 e. The van der Waals surface area contributed by atoms with E-state index < -0.39 is 0 Å². The summed E-state index contributed by atoms with van der Waals surface area (Å²) in [5.74, 6) is 1.18. The summed E-state index contributed by atoms with van der Waals surface area (Å²) in [4.78, 5) is 2.40. The molecular weight excluding hydrogens is 276 g/mol. The molecule has 2 N–H and O–H groups in total. The second-order valence-electron chi connectivity index (χ2n) is 5.29. The van der Waals surface area contributed by atoms with Crippen molar-refractivity contribution < 1.29 is 0 Å². The molecule has 1 fully saturated rings. The first kappa shape index (κ1) is 15.0. The van der Waals surface area contributed by atoms with Crippen LogP contribution in [0.3, 0.4) is 0 Å². The lowest BCUT2D eigenvalue weighted by atomic mass is 10.0. The molecule has 19 heavy (non-hydrogen) atoms. The number of hydrogen-bond donors (Lipinski definition) is 1. The van der Waals surface area contributed by atoms with Gasteiger partial charge in [0.25, 0.3) is 0 Å². The van der Waals surface area contributed by atoms with E-state index in [4.69, 9.17) is 17.3 Å². The summed E-state index contributed by atoms with van der Waals surface area (Å²) < 4.78 is 0. The zero-order chi connectivity index (χ0) is 13.8. The van der Waals surface area contributed by atoms with Gasteiger partial charge in [-0.25, -0.2) is 0 Å². The second kappa shape index (κ2) is 6.87. The number of hydrogen-bond acceptors (Lipinski definition) is 3. The number of nitrogens with two attached hydrogens (primary N) is 1. The SMILES string of the molecule is CCC(N)Cc1ccc(N2CCSC(C)C2)c(Cl)c1. The molecule has 1 aliphatic rings. The normalized spacial score (nSPS) is 21.5. The van der Waals surface area contributed by atoms with Crippen molar-refractivity contribution >= 4 is 29.1 Å². The molecule has 0 spiro atoms. The lowest BCUT2D eigenvalue weighted by Crippen LogP contribution is -2.36. The monoisotopic (exact) mass is 298 g/mol. The zero-order valence-corrected chi connectivity index (χ0v) is 13.3. The average Bonchev–Trinajstić information content (AvgIpc) is 2.38. The fourth-order valence-corrected chi connectivity index (χ4v) is 3.75. The van der Waals surface area contributed by atoms with Gasteiger partial charge in [-0.15, -0.1) is 0 Å². The van der Waals surface area contributed by atoms with Gasteiger partial charge in [0.05, 0.1) is 10.7 Å². The van der Waals surface area contributed by atoms with Crippen LogP contribution in [0, 0.1) is 0 Å². The third kappa shape index (κ3) is 4.04. The standard InChI is InChI=1S/C15H23ClN2S/c1-3-13(17)8-12-4-5-15(14(16)9-12)18-6-7-19-11(2)10-18/h4-5,9,11,13H,3,6-8,10,17H2,1-2H3. The summed E-state index contributed by atoms with van der Waals surface area (Å²) in [6.45, 7) is 6.56. The van der Waals surface area contributed by atoms with Crippen molar-refractivity contribution in [2.24, 2.45) is 5.73 Å². The van der Waals surface area contributed by atoms with Crippen molar-refractivity contribution in [3.63, 3.8) is 0 Å². The van der Waals surface area contributed by atoms with E-state index in [1.807, 2.05) is 11.8 Å². The fourth-order valence-electron chi connectivity index (χ4n) is 2.42. The Morgan fingerprint density at radius 2 is 2.32 bits per heavy atom. The van der Waals surface area contributed by atoms with E-state index in [1.54, 1.807) is 0 Å². The summed E-state index contributed by atoms with van der Waals surface area (Å²) in [7, 11) is 0. The molecule has 106 valence electrons. The number of thioether (sulfide) groups is 1. The lowest BCUT2D eigenvalue weighted by Gasteiger charge is -2.33. The highest BCUT2D eigenvalue weighted by atomic mass is 35.5. The van der Waals surface area contributed by atoms with Crippen molar-refractivity contribution in [2.45, 2.75) is 38.0 Å². The maximum absolute atomic E-state index is 6.45. The molecule has 1 heterocycles. The van der Waals surface area contributed by atoms with Gasteiger partial charge < -0.3 is 10.6 Å². The van der Waals surface area contributed by atoms with Crippen LogP contribution in [0.1, 0.15) is 25.8 Å². The van der Waals surface area contributed by atoms with E-state index in [0.717, 1.165) is 31.0 Å². The molecule has 2 nitrogen and oxygen atoms in total. The van der Waals surface area contributed by atoms with Gasteiger partial charge in [-0.3, -0.25) is 0 Å². The molecule has 2 rings (SSSR count). The van der Waals surface area contributed by atoms with Crippen LogP contribution in [0.25, 0.3) is 0 Å². The molecule has 0 amide bonds. The molecule has 0 saturated carbocycles. The van der Waals surface area contributed by atoms with Gasteiger partial charge in [-0.2, -0.15) is 11.8 Å². The molecule has 4 heteroatoms. The zero-order valence-electron chi connectivity index (χ0n) is 11.7. The van der Waals surface area contributed by atoms with Crippen LogP contribution >= 0.6 is 23.4 Å². The van der Waals surface area contributed by atoms with Crippen molar-refractivity contribution in [3.8, 4) is 0 Å². The van der Waals surface area contributed by atoms with E-state index in [1.165, 1.54) is 17.0 Å². The number of rotatable bonds is 4. The predicted octanol–water partition coefficient (Wildman–Crippen LogP) is 3.56. The van der Waals surface area contributed by atoms with Gasteiger partial charge in [-0.05, 0) is 30.5 Å². The van der Waals surface area contributed by atoms with Crippen molar-refractivity contribution in [1.29, 1.82) is 0 Å². The summed E-state index contributed by atoms with van der Waals surface area (Å²) in [6, 6.07) is 6.64. The summed E-state index contributed by atoms with van der Waals surface area (Å²) in [5, 5.41) is 1.54. The largest absolute Gasteiger partial charge is 0.368 e. The van der Waals surface area contributed by atoms with E-state index >= 15 is 0 Å². The Balaban J connectivity index is 2.10. The molecule has 0 bridgehead atoms. The first-order valence-corrected chi connectivity index (χ1v) is 8.43. The van der Waals surface area contributed by atoms with Crippen LogP contribution in [-0.4, -0.2) is 30.1 Å². The quantitative estimate of drug-likeness (QED) is 0.921. The minimum absolute atomic E-state index is 0.230. The highest BCUT2D eigenvalue weighted by molar-refractivity contribution is 8.00. The fraction of sp³-hybridized carbons (Fsp3) is 0.600. The van der Waals surface area contributed by atoms with Crippen LogP contribution in [-0.2, 0) is 6.42 Å². The Kier molecular flexibility index (Phi) is 5.43. The van der Waals surface area contributed by atoms with Gasteiger partial charge in [-0.1, -0.05) is 31.5 Å². The van der Waals surface area contributed by atoms with Crippen LogP contribution < -0.4 is 10.6 Å². The molecule has 0 aliphatic carbocycles. The van der Waals surface area contributed by atoms with E-state index in [9.17, 15) is 0 Å². The van der Waals surface area contributed by atoms with E-state index in [0.29, 0.717) is 5.25 Å². The smallest absolute Gasteiger partial charge is 0.0642 e. The Labute approximate surface area is 125 Å². The average molecular weight is 299 g/mol. The molecule has 2 unspecified atom stereocenters. The molecular formula is C15H23ClN2S. The maximum atomic E-state index is 6.45. The summed E-state index contributed by atoms with van der Waals surface area (Å²) in [6.07, 6.45) is 1.91. The summed E-state index contributed by atoms with van der Waals surface area (Å²) >= 11 is 8.48. The molecule has 1 aromatic carbocycles. The number of nitrogens with zero attached hydrogens (tertiary/aromatic N) is 1. The van der Waals surface area contributed by atoms with Crippen LogP contribution in [0.15, 0.2) is 18.2 Å². The lowest BCUT2D eigenvalue weighted by molar-refractivity contribution is 0.646.